The molecule has 0 saturated carbocycles. The molecule has 0 aliphatic carbocycles. The molecule has 0 bridgehead atoms. The van der Waals surface area contributed by atoms with Crippen LogP contribution in [0.2, 0.25) is 0 Å². The SMILES string of the molecule is CCc1ccc2nc(C)cc(C(=O)NCCn3cc(C)nn3)c2c1. The van der Waals surface area contributed by atoms with E-state index in [0.717, 1.165) is 28.7 Å². The number of rotatable bonds is 5. The first-order chi connectivity index (χ1) is 11.6. The molecule has 3 aromatic rings. The lowest BCUT2D eigenvalue weighted by Gasteiger charge is -2.10. The lowest BCUT2D eigenvalue weighted by atomic mass is 10.0. The second kappa shape index (κ2) is 6.78. The van der Waals surface area contributed by atoms with Gasteiger partial charge in [-0.25, -0.2) is 0 Å². The van der Waals surface area contributed by atoms with Crippen molar-refractivity contribution in [3.63, 3.8) is 0 Å². The molecule has 0 saturated heterocycles. The van der Waals surface area contributed by atoms with Crippen LogP contribution in [0.3, 0.4) is 0 Å². The van der Waals surface area contributed by atoms with Crippen LogP contribution in [0.25, 0.3) is 10.9 Å². The van der Waals surface area contributed by atoms with Crippen LogP contribution >= 0.6 is 0 Å². The van der Waals surface area contributed by atoms with Crippen LogP contribution in [0, 0.1) is 13.8 Å². The van der Waals surface area contributed by atoms with E-state index in [2.05, 4.69) is 39.7 Å². The van der Waals surface area contributed by atoms with Crippen LogP contribution in [0.15, 0.2) is 30.5 Å². The van der Waals surface area contributed by atoms with E-state index < -0.39 is 0 Å². The topological polar surface area (TPSA) is 72.7 Å². The fourth-order valence-corrected chi connectivity index (χ4v) is 2.70. The maximum Gasteiger partial charge on any atom is 0.252 e. The van der Waals surface area contributed by atoms with Crippen molar-refractivity contribution in [1.82, 2.24) is 25.3 Å². The molecule has 6 heteroatoms. The lowest BCUT2D eigenvalue weighted by molar-refractivity contribution is 0.0953. The third-order valence-corrected chi connectivity index (χ3v) is 3.93. The molecule has 1 N–H and O–H groups in total. The Bertz CT molecular complexity index is 884. The molecular formula is C18H21N5O. The Labute approximate surface area is 140 Å². The van der Waals surface area contributed by atoms with E-state index in [1.165, 1.54) is 5.56 Å². The molecule has 0 aliphatic heterocycles. The van der Waals surface area contributed by atoms with Crippen molar-refractivity contribution in [2.45, 2.75) is 33.7 Å². The van der Waals surface area contributed by atoms with Gasteiger partial charge in [0.05, 0.1) is 23.3 Å². The highest BCUT2D eigenvalue weighted by atomic mass is 16.1. The summed E-state index contributed by atoms with van der Waals surface area (Å²) >= 11 is 0. The molecule has 3 rings (SSSR count). The number of pyridine rings is 1. The summed E-state index contributed by atoms with van der Waals surface area (Å²) in [5.41, 5.74) is 4.42. The predicted octanol–water partition coefficient (Wildman–Crippen LogP) is 2.44. The first-order valence-electron chi connectivity index (χ1n) is 8.12. The van der Waals surface area contributed by atoms with Crippen molar-refractivity contribution in [1.29, 1.82) is 0 Å². The first-order valence-corrected chi connectivity index (χ1v) is 8.12. The van der Waals surface area contributed by atoms with Gasteiger partial charge in [-0.2, -0.15) is 0 Å². The second-order valence-corrected chi connectivity index (χ2v) is 5.90. The van der Waals surface area contributed by atoms with Gasteiger partial charge in [0.15, 0.2) is 0 Å². The van der Waals surface area contributed by atoms with E-state index in [1.807, 2.05) is 32.2 Å². The average molecular weight is 323 g/mol. The highest BCUT2D eigenvalue weighted by molar-refractivity contribution is 6.06. The van der Waals surface area contributed by atoms with Crippen molar-refractivity contribution in [3.8, 4) is 0 Å². The minimum atomic E-state index is -0.0874. The normalized spacial score (nSPS) is 11.0. The quantitative estimate of drug-likeness (QED) is 0.783. The summed E-state index contributed by atoms with van der Waals surface area (Å²) in [6, 6.07) is 7.94. The summed E-state index contributed by atoms with van der Waals surface area (Å²) in [6.45, 7) is 6.98. The molecule has 1 amide bonds. The number of benzene rings is 1. The van der Waals surface area contributed by atoms with Gasteiger partial charge in [0.1, 0.15) is 0 Å². The van der Waals surface area contributed by atoms with Crippen molar-refractivity contribution in [2.24, 2.45) is 0 Å². The van der Waals surface area contributed by atoms with E-state index in [1.54, 1.807) is 4.68 Å². The van der Waals surface area contributed by atoms with Crippen LogP contribution in [0.4, 0.5) is 0 Å². The molecule has 0 unspecified atom stereocenters. The second-order valence-electron chi connectivity index (χ2n) is 5.90. The number of hydrogen-bond acceptors (Lipinski definition) is 4. The largest absolute Gasteiger partial charge is 0.350 e. The molecular weight excluding hydrogens is 302 g/mol. The Morgan fingerprint density at radius 1 is 1.21 bits per heavy atom. The summed E-state index contributed by atoms with van der Waals surface area (Å²) in [4.78, 5) is 17.1. The lowest BCUT2D eigenvalue weighted by Crippen LogP contribution is -2.27. The number of nitrogens with zero attached hydrogens (tertiary/aromatic N) is 4. The smallest absolute Gasteiger partial charge is 0.252 e. The van der Waals surface area contributed by atoms with Crippen LogP contribution in [-0.4, -0.2) is 32.4 Å². The minimum absolute atomic E-state index is 0.0874. The standard InChI is InChI=1S/C18H21N5O/c1-4-14-5-6-17-15(10-14)16(9-12(2)20-17)18(24)19-7-8-23-11-13(3)21-22-23/h5-6,9-11H,4,7-8H2,1-3H3,(H,19,24). The van der Waals surface area contributed by atoms with Crippen LogP contribution in [-0.2, 0) is 13.0 Å². The molecule has 0 spiro atoms. The van der Waals surface area contributed by atoms with Crippen molar-refractivity contribution in [3.05, 3.63) is 53.0 Å². The van der Waals surface area contributed by atoms with Gasteiger partial charge in [0.25, 0.3) is 5.91 Å². The van der Waals surface area contributed by atoms with Gasteiger partial charge < -0.3 is 5.32 Å². The maximum absolute atomic E-state index is 12.6. The molecule has 6 nitrogen and oxygen atoms in total. The molecule has 2 heterocycles. The van der Waals surface area contributed by atoms with E-state index in [0.29, 0.717) is 18.7 Å². The van der Waals surface area contributed by atoms with E-state index in [9.17, 15) is 4.79 Å². The van der Waals surface area contributed by atoms with Gasteiger partial charge in [0, 0.05) is 23.8 Å². The maximum atomic E-state index is 12.6. The van der Waals surface area contributed by atoms with Crippen LogP contribution < -0.4 is 5.32 Å². The molecule has 0 aliphatic rings. The highest BCUT2D eigenvalue weighted by Crippen LogP contribution is 2.20. The summed E-state index contributed by atoms with van der Waals surface area (Å²) < 4.78 is 1.72. The zero-order valence-corrected chi connectivity index (χ0v) is 14.2. The molecule has 2 aromatic heterocycles. The zero-order chi connectivity index (χ0) is 17.1. The number of nitrogens with one attached hydrogen (secondary N) is 1. The van der Waals surface area contributed by atoms with Crippen molar-refractivity contribution < 1.29 is 4.79 Å². The van der Waals surface area contributed by atoms with Crippen LogP contribution in [0.1, 0.15) is 34.2 Å². The third kappa shape index (κ3) is 3.42. The Kier molecular flexibility index (Phi) is 4.55. The van der Waals surface area contributed by atoms with Gasteiger partial charge in [0.2, 0.25) is 0 Å². The van der Waals surface area contributed by atoms with Gasteiger partial charge in [-0.3, -0.25) is 14.5 Å². The molecule has 0 fully saturated rings. The predicted molar refractivity (Wildman–Crippen MR) is 93.0 cm³/mol. The first kappa shape index (κ1) is 16.1. The van der Waals surface area contributed by atoms with Gasteiger partial charge in [-0.1, -0.05) is 18.2 Å². The zero-order valence-electron chi connectivity index (χ0n) is 14.2. The number of amides is 1. The Morgan fingerprint density at radius 3 is 2.75 bits per heavy atom. The monoisotopic (exact) mass is 323 g/mol. The summed E-state index contributed by atoms with van der Waals surface area (Å²) in [5.74, 6) is -0.0874. The molecule has 0 radical (unpaired) electrons. The Morgan fingerprint density at radius 2 is 2.04 bits per heavy atom. The van der Waals surface area contributed by atoms with Crippen molar-refractivity contribution >= 4 is 16.8 Å². The number of carbonyl (C=O) groups excluding carboxylic acids is 1. The summed E-state index contributed by atoms with van der Waals surface area (Å²) in [5, 5.41) is 11.8. The summed E-state index contributed by atoms with van der Waals surface area (Å²) in [6.07, 6.45) is 2.78. The average Bonchev–Trinajstić information content (AvgIpc) is 2.98. The summed E-state index contributed by atoms with van der Waals surface area (Å²) in [7, 11) is 0. The number of carbonyl (C=O) groups is 1. The fourth-order valence-electron chi connectivity index (χ4n) is 2.70. The Balaban J connectivity index is 1.80. The number of aryl methyl sites for hydroxylation is 3. The van der Waals surface area contributed by atoms with Gasteiger partial charge in [-0.05, 0) is 44.0 Å². The fraction of sp³-hybridized carbons (Fsp3) is 0.333. The van der Waals surface area contributed by atoms with Gasteiger partial charge >= 0.3 is 0 Å². The van der Waals surface area contributed by atoms with E-state index >= 15 is 0 Å². The molecule has 124 valence electrons. The highest BCUT2D eigenvalue weighted by Gasteiger charge is 2.12. The number of hydrogen-bond donors (Lipinski definition) is 1. The van der Waals surface area contributed by atoms with Crippen LogP contribution in [0.5, 0.6) is 0 Å². The van der Waals surface area contributed by atoms with E-state index in [4.69, 9.17) is 0 Å². The molecule has 1 aromatic carbocycles. The molecule has 0 atom stereocenters. The van der Waals surface area contributed by atoms with Gasteiger partial charge in [-0.15, -0.1) is 5.10 Å². The van der Waals surface area contributed by atoms with E-state index in [-0.39, 0.29) is 5.91 Å². The number of fused-ring (bicyclic) bond motifs is 1. The number of aromatic nitrogens is 4. The third-order valence-electron chi connectivity index (χ3n) is 3.93. The Hall–Kier alpha value is -2.76. The molecule has 24 heavy (non-hydrogen) atoms. The van der Waals surface area contributed by atoms with Crippen molar-refractivity contribution in [2.75, 3.05) is 6.54 Å². The minimum Gasteiger partial charge on any atom is -0.350 e.